The van der Waals surface area contributed by atoms with Crippen LogP contribution in [0, 0.1) is 0 Å². The van der Waals surface area contributed by atoms with Crippen LogP contribution < -0.4 is 0 Å². The molecule has 0 saturated heterocycles. The number of nitrogens with zero attached hydrogens (tertiary/aromatic N) is 3. The Labute approximate surface area is 188 Å². The maximum absolute atomic E-state index is 10.4. The SMILES string of the molecule is CCCCCCCCCCCCCCCc1nc2c(O)nc3ccccc3c2n1CC. The molecule has 0 bridgehead atoms. The van der Waals surface area contributed by atoms with Crippen molar-refractivity contribution < 1.29 is 5.11 Å². The number of unbranched alkanes of at least 4 members (excludes halogenated alkanes) is 12. The minimum absolute atomic E-state index is 0.0486. The summed E-state index contributed by atoms with van der Waals surface area (Å²) in [5.74, 6) is 1.13. The Hall–Kier alpha value is -2.10. The fraction of sp³-hybridized carbons (Fsp3) is 0.630. The molecule has 0 spiro atoms. The van der Waals surface area contributed by atoms with E-state index in [0.717, 1.165) is 41.6 Å². The second-order valence-corrected chi connectivity index (χ2v) is 8.91. The van der Waals surface area contributed by atoms with Gasteiger partial charge >= 0.3 is 0 Å². The summed E-state index contributed by atoms with van der Waals surface area (Å²) in [7, 11) is 0. The number of pyridine rings is 1. The van der Waals surface area contributed by atoms with E-state index >= 15 is 0 Å². The number of hydrogen-bond donors (Lipinski definition) is 1. The molecule has 31 heavy (non-hydrogen) atoms. The van der Waals surface area contributed by atoms with Crippen LogP contribution in [0.3, 0.4) is 0 Å². The lowest BCUT2D eigenvalue weighted by Gasteiger charge is -2.08. The van der Waals surface area contributed by atoms with Crippen molar-refractivity contribution in [3.05, 3.63) is 30.1 Å². The summed E-state index contributed by atoms with van der Waals surface area (Å²) in [5, 5.41) is 11.5. The molecule has 0 fully saturated rings. The highest BCUT2D eigenvalue weighted by atomic mass is 16.3. The van der Waals surface area contributed by atoms with Gasteiger partial charge in [-0.15, -0.1) is 0 Å². The first kappa shape index (κ1) is 23.6. The molecule has 4 heteroatoms. The summed E-state index contributed by atoms with van der Waals surface area (Å²) >= 11 is 0. The van der Waals surface area contributed by atoms with E-state index in [-0.39, 0.29) is 5.88 Å². The van der Waals surface area contributed by atoms with Crippen LogP contribution in [0.4, 0.5) is 0 Å². The minimum atomic E-state index is 0.0486. The fourth-order valence-electron chi connectivity index (χ4n) is 4.70. The van der Waals surface area contributed by atoms with E-state index in [0.29, 0.717) is 5.52 Å². The van der Waals surface area contributed by atoms with Gasteiger partial charge in [-0.05, 0) is 19.4 Å². The molecule has 4 nitrogen and oxygen atoms in total. The summed E-state index contributed by atoms with van der Waals surface area (Å²) in [6.45, 7) is 5.29. The molecule has 0 amide bonds. The maximum Gasteiger partial charge on any atom is 0.240 e. The summed E-state index contributed by atoms with van der Waals surface area (Å²) in [4.78, 5) is 9.12. The van der Waals surface area contributed by atoms with Crippen LogP contribution in [0.25, 0.3) is 21.9 Å². The number of aryl methyl sites for hydroxylation is 2. The van der Waals surface area contributed by atoms with Crippen molar-refractivity contribution >= 4 is 21.9 Å². The Bertz CT molecular complexity index is 931. The van der Waals surface area contributed by atoms with Crippen molar-refractivity contribution in [2.75, 3.05) is 0 Å². The van der Waals surface area contributed by atoms with Gasteiger partial charge < -0.3 is 9.67 Å². The molecule has 170 valence electrons. The van der Waals surface area contributed by atoms with E-state index in [1.165, 1.54) is 77.0 Å². The first-order valence-corrected chi connectivity index (χ1v) is 12.7. The molecule has 0 aliphatic heterocycles. The highest BCUT2D eigenvalue weighted by Gasteiger charge is 2.16. The van der Waals surface area contributed by atoms with E-state index in [1.807, 2.05) is 18.2 Å². The van der Waals surface area contributed by atoms with Crippen LogP contribution in [0.15, 0.2) is 24.3 Å². The highest BCUT2D eigenvalue weighted by molar-refractivity contribution is 6.04. The zero-order valence-electron chi connectivity index (χ0n) is 19.7. The maximum atomic E-state index is 10.4. The number of rotatable bonds is 15. The van der Waals surface area contributed by atoms with Crippen LogP contribution in [0.5, 0.6) is 5.88 Å². The Morgan fingerprint density at radius 2 is 1.32 bits per heavy atom. The van der Waals surface area contributed by atoms with Crippen LogP contribution in [0.2, 0.25) is 0 Å². The zero-order valence-corrected chi connectivity index (χ0v) is 19.7. The molecule has 2 heterocycles. The second kappa shape index (κ2) is 12.7. The molecule has 2 aromatic heterocycles. The van der Waals surface area contributed by atoms with E-state index in [2.05, 4.69) is 29.5 Å². The van der Waals surface area contributed by atoms with Gasteiger partial charge in [0.25, 0.3) is 0 Å². The molecular weight excluding hydrogens is 382 g/mol. The molecule has 1 aromatic carbocycles. The number of benzene rings is 1. The van der Waals surface area contributed by atoms with Crippen LogP contribution >= 0.6 is 0 Å². The third kappa shape index (κ3) is 6.44. The summed E-state index contributed by atoms with van der Waals surface area (Å²) < 4.78 is 2.26. The molecule has 0 aliphatic rings. The normalized spacial score (nSPS) is 11.7. The smallest absolute Gasteiger partial charge is 0.240 e. The molecule has 0 aliphatic carbocycles. The second-order valence-electron chi connectivity index (χ2n) is 8.91. The number of hydrogen-bond acceptors (Lipinski definition) is 3. The molecule has 0 saturated carbocycles. The number of fused-ring (bicyclic) bond motifs is 3. The lowest BCUT2D eigenvalue weighted by molar-refractivity contribution is 0.461. The molecule has 0 unspecified atom stereocenters. The van der Waals surface area contributed by atoms with Crippen molar-refractivity contribution in [2.24, 2.45) is 0 Å². The quantitative estimate of drug-likeness (QED) is 0.252. The highest BCUT2D eigenvalue weighted by Crippen LogP contribution is 2.31. The van der Waals surface area contributed by atoms with Crippen molar-refractivity contribution in [1.82, 2.24) is 14.5 Å². The molecular formula is C27H41N3O. The standard InChI is InChI=1S/C27H41N3O/c1-3-5-6-7-8-9-10-11-12-13-14-15-16-21-24-29-25-26(30(24)4-2)22-19-17-18-20-23(22)28-27(25)31/h17-20H,3-16,21H2,1-2H3,(H,28,31). The average Bonchev–Trinajstić information content (AvgIpc) is 3.16. The molecule has 3 aromatic rings. The van der Waals surface area contributed by atoms with E-state index in [9.17, 15) is 5.11 Å². The van der Waals surface area contributed by atoms with Gasteiger partial charge in [0.15, 0.2) is 5.52 Å². The topological polar surface area (TPSA) is 50.9 Å². The van der Waals surface area contributed by atoms with Crippen molar-refractivity contribution in [1.29, 1.82) is 0 Å². The minimum Gasteiger partial charge on any atom is -0.492 e. The first-order valence-electron chi connectivity index (χ1n) is 12.7. The third-order valence-electron chi connectivity index (χ3n) is 6.46. The predicted molar refractivity (Wildman–Crippen MR) is 132 cm³/mol. The Morgan fingerprint density at radius 1 is 0.742 bits per heavy atom. The van der Waals surface area contributed by atoms with Crippen LogP contribution in [0.1, 0.15) is 103 Å². The van der Waals surface area contributed by atoms with Gasteiger partial charge in [0.1, 0.15) is 5.82 Å². The zero-order chi connectivity index (χ0) is 21.9. The van der Waals surface area contributed by atoms with Gasteiger partial charge in [-0.25, -0.2) is 9.97 Å². The largest absolute Gasteiger partial charge is 0.492 e. The van der Waals surface area contributed by atoms with Gasteiger partial charge in [-0.1, -0.05) is 102 Å². The van der Waals surface area contributed by atoms with Crippen LogP contribution in [-0.2, 0) is 13.0 Å². The number of imidazole rings is 1. The lowest BCUT2D eigenvalue weighted by atomic mass is 10.0. The molecule has 3 rings (SSSR count). The molecule has 0 atom stereocenters. The summed E-state index contributed by atoms with van der Waals surface area (Å²) in [6, 6.07) is 8.02. The Morgan fingerprint density at radius 3 is 1.94 bits per heavy atom. The fourth-order valence-corrected chi connectivity index (χ4v) is 4.70. The van der Waals surface area contributed by atoms with E-state index in [4.69, 9.17) is 4.98 Å². The number of para-hydroxylation sites is 1. The van der Waals surface area contributed by atoms with Gasteiger partial charge in [0.05, 0.1) is 11.0 Å². The first-order chi connectivity index (χ1) is 15.3. The van der Waals surface area contributed by atoms with Crippen molar-refractivity contribution in [3.63, 3.8) is 0 Å². The average molecular weight is 424 g/mol. The van der Waals surface area contributed by atoms with Gasteiger partial charge in [-0.2, -0.15) is 0 Å². The number of aromatic nitrogens is 3. The molecule has 1 N–H and O–H groups in total. The Kier molecular flexibility index (Phi) is 9.64. The monoisotopic (exact) mass is 423 g/mol. The third-order valence-corrected chi connectivity index (χ3v) is 6.46. The van der Waals surface area contributed by atoms with Crippen molar-refractivity contribution in [2.45, 2.75) is 110 Å². The lowest BCUT2D eigenvalue weighted by Crippen LogP contribution is -2.02. The van der Waals surface area contributed by atoms with Gasteiger partial charge in [-0.3, -0.25) is 0 Å². The molecule has 0 radical (unpaired) electrons. The Balaban J connectivity index is 1.41. The van der Waals surface area contributed by atoms with Crippen LogP contribution in [-0.4, -0.2) is 19.6 Å². The van der Waals surface area contributed by atoms with Crippen molar-refractivity contribution in [3.8, 4) is 5.88 Å². The summed E-state index contributed by atoms with van der Waals surface area (Å²) in [5.41, 5.74) is 2.50. The van der Waals surface area contributed by atoms with Gasteiger partial charge in [0.2, 0.25) is 5.88 Å². The predicted octanol–water partition coefficient (Wildman–Crippen LogP) is 7.94. The van der Waals surface area contributed by atoms with E-state index < -0.39 is 0 Å². The van der Waals surface area contributed by atoms with E-state index in [1.54, 1.807) is 0 Å². The van der Waals surface area contributed by atoms with Gasteiger partial charge in [0, 0.05) is 18.4 Å². The number of aromatic hydroxyl groups is 1. The summed E-state index contributed by atoms with van der Waals surface area (Å²) in [6.07, 6.45) is 18.7.